The molecule has 1 aromatic rings. The second-order valence-corrected chi connectivity index (χ2v) is 6.05. The highest BCUT2D eigenvalue weighted by atomic mass is 32.2. The normalized spacial score (nSPS) is 21.3. The third-order valence-corrected chi connectivity index (χ3v) is 4.02. The van der Waals surface area contributed by atoms with E-state index in [9.17, 15) is 40.2 Å². The fraction of sp³-hybridized carbons (Fsp3) is 0.727. The number of hydrogen-bond acceptors (Lipinski definition) is 3. The lowest BCUT2D eigenvalue weighted by Crippen LogP contribution is -2.33. The molecule has 23 heavy (non-hydrogen) atoms. The van der Waals surface area contributed by atoms with Crippen molar-refractivity contribution < 1.29 is 40.2 Å². The van der Waals surface area contributed by atoms with Crippen LogP contribution in [0.25, 0.3) is 0 Å². The minimum Gasteiger partial charge on any atom is -0.382 e. The number of fused-ring (bicyclic) bond motifs is 1. The van der Waals surface area contributed by atoms with Gasteiger partial charge in [-0.15, -0.1) is 0 Å². The highest BCUT2D eigenvalue weighted by Crippen LogP contribution is 2.46. The molecule has 0 radical (unpaired) electrons. The molecule has 2 rings (SSSR count). The van der Waals surface area contributed by atoms with Gasteiger partial charge >= 0.3 is 11.7 Å². The van der Waals surface area contributed by atoms with Crippen LogP contribution in [0.3, 0.4) is 0 Å². The zero-order valence-corrected chi connectivity index (χ0v) is 12.0. The van der Waals surface area contributed by atoms with E-state index in [0.29, 0.717) is 4.68 Å². The summed E-state index contributed by atoms with van der Waals surface area (Å²) in [5.41, 5.74) is -7.60. The van der Waals surface area contributed by atoms with Gasteiger partial charge in [0.1, 0.15) is 6.10 Å². The first-order valence-electron chi connectivity index (χ1n) is 6.26. The van der Waals surface area contributed by atoms with Gasteiger partial charge in [0.2, 0.25) is 0 Å². The molecule has 0 amide bonds. The van der Waals surface area contributed by atoms with Crippen LogP contribution in [0.5, 0.6) is 0 Å². The smallest absolute Gasteiger partial charge is 0.382 e. The van der Waals surface area contributed by atoms with E-state index in [1.165, 1.54) is 0 Å². The van der Waals surface area contributed by atoms with Crippen molar-refractivity contribution in [2.75, 3.05) is 5.75 Å². The van der Waals surface area contributed by atoms with E-state index in [4.69, 9.17) is 0 Å². The Morgan fingerprint density at radius 3 is 2.35 bits per heavy atom. The first-order chi connectivity index (χ1) is 10.3. The molecule has 1 aliphatic rings. The van der Waals surface area contributed by atoms with Crippen LogP contribution in [0.1, 0.15) is 29.5 Å². The Kier molecular flexibility index (Phi) is 4.61. The zero-order chi connectivity index (χ0) is 17.6. The Morgan fingerprint density at radius 2 is 1.83 bits per heavy atom. The van der Waals surface area contributed by atoms with Crippen molar-refractivity contribution in [3.05, 3.63) is 17.0 Å². The predicted molar refractivity (Wildman–Crippen MR) is 64.0 cm³/mol. The molecule has 0 fully saturated rings. The van der Waals surface area contributed by atoms with Crippen molar-refractivity contribution >= 4 is 11.8 Å². The van der Waals surface area contributed by atoms with Gasteiger partial charge in [0.15, 0.2) is 5.69 Å². The van der Waals surface area contributed by atoms with Gasteiger partial charge < -0.3 is 5.11 Å². The standard InChI is InChI=1S/C11H10F8N2OS/c12-9(13)2-1-5-6(8(9)22)7(10(14,15)16)20-21(5)3-4-23-11(17,18)19/h8,22H,1-4H2. The monoisotopic (exact) mass is 370 g/mol. The number of nitrogens with zero attached hydrogens (tertiary/aromatic N) is 2. The van der Waals surface area contributed by atoms with Gasteiger partial charge in [0.05, 0.1) is 6.54 Å². The minimum atomic E-state index is -5.10. The van der Waals surface area contributed by atoms with Gasteiger partial charge in [-0.1, -0.05) is 0 Å². The van der Waals surface area contributed by atoms with Crippen molar-refractivity contribution in [1.29, 1.82) is 0 Å². The lowest BCUT2D eigenvalue weighted by atomic mass is 9.89. The summed E-state index contributed by atoms with van der Waals surface area (Å²) in [6, 6.07) is 0. The number of aliphatic hydroxyl groups is 1. The van der Waals surface area contributed by atoms with E-state index in [1.807, 2.05) is 0 Å². The van der Waals surface area contributed by atoms with Crippen LogP contribution in [0.4, 0.5) is 35.1 Å². The maximum Gasteiger partial charge on any atom is 0.441 e. The minimum absolute atomic E-state index is 0.307. The van der Waals surface area contributed by atoms with E-state index < -0.39 is 71.9 Å². The first kappa shape index (κ1) is 18.3. The lowest BCUT2D eigenvalue weighted by Gasteiger charge is -2.28. The average molecular weight is 370 g/mol. The molecule has 132 valence electrons. The number of alkyl halides is 8. The quantitative estimate of drug-likeness (QED) is 0.824. The largest absolute Gasteiger partial charge is 0.441 e. The predicted octanol–water partition coefficient (Wildman–Crippen LogP) is 3.77. The summed E-state index contributed by atoms with van der Waals surface area (Å²) in [5, 5.41) is 12.6. The Bertz CT molecular complexity index is 580. The second-order valence-electron chi connectivity index (χ2n) is 4.89. The summed E-state index contributed by atoms with van der Waals surface area (Å²) in [4.78, 5) is 0. The molecule has 0 aliphatic heterocycles. The summed E-state index contributed by atoms with van der Waals surface area (Å²) in [5.74, 6) is -4.37. The molecule has 12 heteroatoms. The summed E-state index contributed by atoms with van der Waals surface area (Å²) >= 11 is -0.456. The molecule has 3 nitrogen and oxygen atoms in total. The summed E-state index contributed by atoms with van der Waals surface area (Å²) in [6.07, 6.45) is -9.21. The van der Waals surface area contributed by atoms with E-state index in [-0.39, 0.29) is 5.69 Å². The third kappa shape index (κ3) is 3.90. The van der Waals surface area contributed by atoms with Crippen molar-refractivity contribution in [2.24, 2.45) is 0 Å². The average Bonchev–Trinajstić information content (AvgIpc) is 2.72. The maximum atomic E-state index is 13.5. The van der Waals surface area contributed by atoms with Gasteiger partial charge in [-0.25, -0.2) is 8.78 Å². The molecule has 0 saturated carbocycles. The Labute approximate surface area is 128 Å². The molecular weight excluding hydrogens is 360 g/mol. The van der Waals surface area contributed by atoms with Crippen molar-refractivity contribution in [3.8, 4) is 0 Å². The number of aryl methyl sites for hydroxylation is 1. The van der Waals surface area contributed by atoms with Gasteiger partial charge in [-0.05, 0) is 18.2 Å². The number of thioether (sulfide) groups is 1. The van der Waals surface area contributed by atoms with Crippen LogP contribution < -0.4 is 0 Å². The van der Waals surface area contributed by atoms with Crippen LogP contribution in [0.15, 0.2) is 0 Å². The van der Waals surface area contributed by atoms with Crippen LogP contribution in [0.2, 0.25) is 0 Å². The number of halogens is 8. The fourth-order valence-corrected chi connectivity index (χ4v) is 2.83. The SMILES string of the molecule is OC1c2c(C(F)(F)F)nn(CCSC(F)(F)F)c2CCC1(F)F. The van der Waals surface area contributed by atoms with Crippen molar-refractivity contribution in [1.82, 2.24) is 9.78 Å². The summed E-state index contributed by atoms with van der Waals surface area (Å²) in [7, 11) is 0. The van der Waals surface area contributed by atoms with Gasteiger partial charge in [-0.3, -0.25) is 4.68 Å². The number of hydrogen-bond donors (Lipinski definition) is 1. The molecule has 0 bridgehead atoms. The van der Waals surface area contributed by atoms with Gasteiger partial charge in [0, 0.05) is 23.4 Å². The Balaban J connectivity index is 2.36. The highest BCUT2D eigenvalue weighted by Gasteiger charge is 2.51. The molecule has 1 aliphatic carbocycles. The van der Waals surface area contributed by atoms with Gasteiger partial charge in [-0.2, -0.15) is 31.4 Å². The van der Waals surface area contributed by atoms with E-state index in [0.717, 1.165) is 0 Å². The van der Waals surface area contributed by atoms with Crippen molar-refractivity contribution in [3.63, 3.8) is 0 Å². The van der Waals surface area contributed by atoms with E-state index in [2.05, 4.69) is 5.10 Å². The first-order valence-corrected chi connectivity index (χ1v) is 7.25. The maximum absolute atomic E-state index is 13.5. The topological polar surface area (TPSA) is 38.1 Å². The molecule has 1 unspecified atom stereocenters. The molecule has 0 aromatic carbocycles. The highest BCUT2D eigenvalue weighted by molar-refractivity contribution is 8.00. The van der Waals surface area contributed by atoms with Crippen LogP contribution in [-0.2, 0) is 19.1 Å². The lowest BCUT2D eigenvalue weighted by molar-refractivity contribution is -0.150. The Morgan fingerprint density at radius 1 is 1.22 bits per heavy atom. The van der Waals surface area contributed by atoms with E-state index >= 15 is 0 Å². The molecule has 0 saturated heterocycles. The molecule has 1 heterocycles. The van der Waals surface area contributed by atoms with Gasteiger partial charge in [0.25, 0.3) is 5.92 Å². The molecule has 1 N–H and O–H groups in total. The molecule has 1 atom stereocenters. The molecular formula is C11H10F8N2OS. The Hall–Kier alpha value is -1.04. The van der Waals surface area contributed by atoms with Crippen LogP contribution >= 0.6 is 11.8 Å². The third-order valence-electron chi connectivity index (χ3n) is 3.30. The van der Waals surface area contributed by atoms with Crippen LogP contribution in [0, 0.1) is 0 Å². The number of aromatic nitrogens is 2. The van der Waals surface area contributed by atoms with Crippen LogP contribution in [-0.4, -0.2) is 32.1 Å². The summed E-state index contributed by atoms with van der Waals surface area (Å²) < 4.78 is 102. The summed E-state index contributed by atoms with van der Waals surface area (Å²) in [6.45, 7) is -0.541. The van der Waals surface area contributed by atoms with Crippen molar-refractivity contribution in [2.45, 2.75) is 43.1 Å². The molecule has 1 aromatic heterocycles. The zero-order valence-electron chi connectivity index (χ0n) is 11.2. The molecule has 0 spiro atoms. The fourth-order valence-electron chi connectivity index (χ4n) is 2.34. The number of aliphatic hydroxyl groups excluding tert-OH is 1. The second kappa shape index (κ2) is 5.80. The number of rotatable bonds is 3. The van der Waals surface area contributed by atoms with E-state index in [1.54, 1.807) is 0 Å².